The van der Waals surface area contributed by atoms with E-state index in [1.54, 1.807) is 0 Å². The Hall–Kier alpha value is -3.00. The number of carbonyl (C=O) groups is 1. The van der Waals surface area contributed by atoms with Gasteiger partial charge >= 0.3 is 0 Å². The molecule has 0 bridgehead atoms. The lowest BCUT2D eigenvalue weighted by atomic mass is 9.75. The highest BCUT2D eigenvalue weighted by Gasteiger charge is 2.43. The minimum absolute atomic E-state index is 0.134. The average molecular weight is 647 g/mol. The van der Waals surface area contributed by atoms with Crippen LogP contribution in [0.5, 0.6) is 0 Å². The Kier molecular flexibility index (Phi) is 9.75. The predicted octanol–water partition coefficient (Wildman–Crippen LogP) is 7.15. The molecule has 0 radical (unpaired) electrons. The third-order valence-electron chi connectivity index (χ3n) is 10.9. The maximum atomic E-state index is 14.2. The molecule has 0 aliphatic carbocycles. The Morgan fingerprint density at radius 1 is 1.09 bits per heavy atom. The fraction of sp³-hybridized carbons (Fsp3) is 0.553. The van der Waals surface area contributed by atoms with E-state index >= 15 is 0 Å². The maximum Gasteiger partial charge on any atom is 0.253 e. The van der Waals surface area contributed by atoms with Crippen molar-refractivity contribution in [2.24, 2.45) is 0 Å². The SMILES string of the molecule is CCN1CC2(CCOCC2)c2ccc(-c3cc(N(CC)C4CCOCC4)c(C)c(C(=O)NCC4=C(C)C=C(C)NC4C)c3Cl)cc21. The molecular weight excluding hydrogens is 596 g/mol. The molecule has 2 aromatic carbocycles. The average Bonchev–Trinajstić information content (AvgIpc) is 3.34. The van der Waals surface area contributed by atoms with Crippen LogP contribution in [0.25, 0.3) is 11.1 Å². The van der Waals surface area contributed by atoms with Gasteiger partial charge in [-0.25, -0.2) is 0 Å². The van der Waals surface area contributed by atoms with Gasteiger partial charge in [-0.1, -0.05) is 23.7 Å². The van der Waals surface area contributed by atoms with Crippen molar-refractivity contribution >= 4 is 28.9 Å². The number of amides is 1. The summed E-state index contributed by atoms with van der Waals surface area (Å²) in [6.45, 7) is 19.2. The number of hydrogen-bond donors (Lipinski definition) is 2. The first kappa shape index (κ1) is 32.9. The standard InChI is InChI=1S/C38H51ClN4O3/c1-7-42-23-38(13-17-46-18-14-38)32-10-9-28(20-34(32)42)30-21-33(43(8-2)29-11-15-45-16-12-29)26(5)35(36(30)39)37(44)40-22-31-24(3)19-25(4)41-27(31)6/h9-10,19-21,27,29,41H,7-8,11-18,22-23H2,1-6H3,(H,40,44). The maximum absolute atomic E-state index is 14.2. The second-order valence-corrected chi connectivity index (χ2v) is 14.0. The Morgan fingerprint density at radius 2 is 1.80 bits per heavy atom. The van der Waals surface area contributed by atoms with Crippen LogP contribution in [0.4, 0.5) is 11.4 Å². The zero-order valence-electron chi connectivity index (χ0n) is 28.5. The third-order valence-corrected chi connectivity index (χ3v) is 11.3. The fourth-order valence-corrected chi connectivity index (χ4v) is 8.73. The number of hydrogen-bond acceptors (Lipinski definition) is 6. The summed E-state index contributed by atoms with van der Waals surface area (Å²) in [6.07, 6.45) is 6.17. The van der Waals surface area contributed by atoms with Gasteiger partial charge in [-0.15, -0.1) is 0 Å². The van der Waals surface area contributed by atoms with Crippen LogP contribution in [0.15, 0.2) is 47.2 Å². The molecule has 4 aliphatic heterocycles. The molecule has 2 fully saturated rings. The van der Waals surface area contributed by atoms with Crippen molar-refractivity contribution in [3.8, 4) is 11.1 Å². The Morgan fingerprint density at radius 3 is 2.48 bits per heavy atom. The summed E-state index contributed by atoms with van der Waals surface area (Å²) in [7, 11) is 0. The monoisotopic (exact) mass is 646 g/mol. The van der Waals surface area contributed by atoms with Gasteiger partial charge < -0.3 is 29.9 Å². The van der Waals surface area contributed by atoms with Gasteiger partial charge in [0, 0.05) is 92.7 Å². The van der Waals surface area contributed by atoms with Crippen molar-refractivity contribution < 1.29 is 14.3 Å². The first-order chi connectivity index (χ1) is 22.2. The van der Waals surface area contributed by atoms with E-state index in [1.165, 1.54) is 22.4 Å². The van der Waals surface area contributed by atoms with Crippen LogP contribution >= 0.6 is 11.6 Å². The van der Waals surface area contributed by atoms with Crippen LogP contribution in [0.1, 0.15) is 81.8 Å². The molecule has 8 heteroatoms. The molecule has 2 aromatic rings. The van der Waals surface area contributed by atoms with Crippen molar-refractivity contribution in [2.75, 3.05) is 62.4 Å². The van der Waals surface area contributed by atoms with E-state index in [0.29, 0.717) is 23.2 Å². The van der Waals surface area contributed by atoms with Gasteiger partial charge in [0.2, 0.25) is 0 Å². The normalized spacial score (nSPS) is 21.2. The molecule has 1 unspecified atom stereocenters. The second kappa shape index (κ2) is 13.6. The number of dihydropyridines is 1. The number of allylic oxidation sites excluding steroid dienone is 3. The number of nitrogens with one attached hydrogen (secondary N) is 2. The number of anilines is 2. The van der Waals surface area contributed by atoms with Crippen molar-refractivity contribution in [3.63, 3.8) is 0 Å². The third kappa shape index (κ3) is 6.07. The molecule has 1 amide bonds. The van der Waals surface area contributed by atoms with E-state index in [0.717, 1.165) is 99.8 Å². The Bertz CT molecular complexity index is 1540. The van der Waals surface area contributed by atoms with Crippen LogP contribution in [-0.4, -0.2) is 70.6 Å². The van der Waals surface area contributed by atoms with E-state index in [1.807, 2.05) is 0 Å². The predicted molar refractivity (Wildman–Crippen MR) is 189 cm³/mol. The van der Waals surface area contributed by atoms with Gasteiger partial charge in [0.05, 0.1) is 10.6 Å². The second-order valence-electron chi connectivity index (χ2n) is 13.6. The molecule has 0 aromatic heterocycles. The molecule has 4 aliphatic rings. The number of halogens is 1. The van der Waals surface area contributed by atoms with Gasteiger partial charge in [0.15, 0.2) is 0 Å². The van der Waals surface area contributed by atoms with Gasteiger partial charge in [0.25, 0.3) is 5.91 Å². The van der Waals surface area contributed by atoms with Crippen LogP contribution in [0.3, 0.4) is 0 Å². The molecule has 248 valence electrons. The van der Waals surface area contributed by atoms with E-state index in [4.69, 9.17) is 21.1 Å². The summed E-state index contributed by atoms with van der Waals surface area (Å²) in [6, 6.07) is 9.59. The first-order valence-electron chi connectivity index (χ1n) is 17.2. The van der Waals surface area contributed by atoms with Crippen molar-refractivity contribution in [3.05, 3.63) is 68.9 Å². The Labute approximate surface area is 280 Å². The molecule has 46 heavy (non-hydrogen) atoms. The van der Waals surface area contributed by atoms with Crippen molar-refractivity contribution in [1.29, 1.82) is 0 Å². The number of likely N-dealkylation sites (N-methyl/N-ethyl adjacent to an activating group) is 1. The molecule has 2 N–H and O–H groups in total. The topological polar surface area (TPSA) is 66.1 Å². The molecule has 2 saturated heterocycles. The number of fused-ring (bicyclic) bond motifs is 2. The minimum Gasteiger partial charge on any atom is -0.382 e. The lowest BCUT2D eigenvalue weighted by molar-refractivity contribution is 0.0554. The van der Waals surface area contributed by atoms with Crippen molar-refractivity contribution in [2.45, 2.75) is 84.7 Å². The van der Waals surface area contributed by atoms with E-state index in [9.17, 15) is 4.79 Å². The summed E-state index contributed by atoms with van der Waals surface area (Å²) in [5, 5.41) is 7.26. The molecule has 0 saturated carbocycles. The largest absolute Gasteiger partial charge is 0.382 e. The summed E-state index contributed by atoms with van der Waals surface area (Å²) in [4.78, 5) is 19.2. The van der Waals surface area contributed by atoms with Crippen LogP contribution in [0.2, 0.25) is 5.02 Å². The molecular formula is C38H51ClN4O3. The number of carbonyl (C=O) groups excluding carboxylic acids is 1. The summed E-state index contributed by atoms with van der Waals surface area (Å²) >= 11 is 7.35. The Balaban J connectivity index is 1.43. The molecule has 7 nitrogen and oxygen atoms in total. The molecule has 1 atom stereocenters. The van der Waals surface area contributed by atoms with E-state index < -0.39 is 0 Å². The molecule has 4 heterocycles. The number of rotatable bonds is 8. The minimum atomic E-state index is -0.134. The highest BCUT2D eigenvalue weighted by molar-refractivity contribution is 6.37. The van der Waals surface area contributed by atoms with Gasteiger partial charge in [-0.3, -0.25) is 4.79 Å². The van der Waals surface area contributed by atoms with Gasteiger partial charge in [-0.2, -0.15) is 0 Å². The fourth-order valence-electron chi connectivity index (χ4n) is 8.34. The highest BCUT2D eigenvalue weighted by atomic mass is 35.5. The lowest BCUT2D eigenvalue weighted by Gasteiger charge is -2.37. The first-order valence-corrected chi connectivity index (χ1v) is 17.6. The van der Waals surface area contributed by atoms with Gasteiger partial charge in [-0.05, 0) is 113 Å². The zero-order valence-corrected chi connectivity index (χ0v) is 29.3. The zero-order chi connectivity index (χ0) is 32.6. The summed E-state index contributed by atoms with van der Waals surface area (Å²) in [5.74, 6) is -0.134. The van der Waals surface area contributed by atoms with Crippen LogP contribution < -0.4 is 20.4 Å². The number of benzene rings is 2. The van der Waals surface area contributed by atoms with Crippen LogP contribution in [-0.2, 0) is 14.9 Å². The van der Waals surface area contributed by atoms with Crippen LogP contribution in [0, 0.1) is 6.92 Å². The summed E-state index contributed by atoms with van der Waals surface area (Å²) < 4.78 is 11.5. The smallest absolute Gasteiger partial charge is 0.253 e. The number of nitrogens with zero attached hydrogens (tertiary/aromatic N) is 2. The van der Waals surface area contributed by atoms with Gasteiger partial charge in [0.1, 0.15) is 0 Å². The van der Waals surface area contributed by atoms with E-state index in [2.05, 4.69) is 92.3 Å². The lowest BCUT2D eigenvalue weighted by Crippen LogP contribution is -2.40. The molecule has 6 rings (SSSR count). The quantitative estimate of drug-likeness (QED) is 0.318. The highest BCUT2D eigenvalue weighted by Crippen LogP contribution is 2.49. The number of ether oxygens (including phenoxy) is 2. The summed E-state index contributed by atoms with van der Waals surface area (Å²) in [5.41, 5.74) is 10.9. The van der Waals surface area contributed by atoms with Crippen molar-refractivity contribution in [1.82, 2.24) is 10.6 Å². The van der Waals surface area contributed by atoms with E-state index in [-0.39, 0.29) is 17.4 Å². The molecule has 1 spiro atoms.